The summed E-state index contributed by atoms with van der Waals surface area (Å²) < 4.78 is 31.6. The van der Waals surface area contributed by atoms with E-state index in [0.717, 1.165) is 12.1 Å². The summed E-state index contributed by atoms with van der Waals surface area (Å²) >= 11 is 5.80. The van der Waals surface area contributed by atoms with E-state index < -0.39 is 11.6 Å². The first-order valence-electron chi connectivity index (χ1n) is 5.36. The van der Waals surface area contributed by atoms with Crippen LogP contribution < -0.4 is 15.8 Å². The third-order valence-corrected chi connectivity index (χ3v) is 2.83. The van der Waals surface area contributed by atoms with Crippen molar-refractivity contribution in [2.45, 2.75) is 0 Å². The third kappa shape index (κ3) is 2.88. The number of halogens is 3. The highest BCUT2D eigenvalue weighted by atomic mass is 35.5. The second kappa shape index (κ2) is 5.32. The normalized spacial score (nSPS) is 10.3. The molecule has 0 amide bonds. The van der Waals surface area contributed by atoms with E-state index in [9.17, 15) is 8.78 Å². The minimum atomic E-state index is -0.799. The van der Waals surface area contributed by atoms with Gasteiger partial charge in [0.2, 0.25) is 0 Å². The fourth-order valence-electron chi connectivity index (χ4n) is 1.57. The maximum atomic E-state index is 13.7. The number of hydrogen-bond donors (Lipinski definition) is 2. The molecular formula is C13H11ClF2N2O. The van der Waals surface area contributed by atoms with Crippen molar-refractivity contribution in [2.75, 3.05) is 18.2 Å². The Balaban J connectivity index is 2.41. The van der Waals surface area contributed by atoms with Crippen LogP contribution in [-0.2, 0) is 0 Å². The fourth-order valence-corrected chi connectivity index (χ4v) is 1.81. The van der Waals surface area contributed by atoms with Crippen LogP contribution in [-0.4, -0.2) is 7.11 Å². The second-order valence-electron chi connectivity index (χ2n) is 3.82. The van der Waals surface area contributed by atoms with E-state index in [1.807, 2.05) is 0 Å². The van der Waals surface area contributed by atoms with Gasteiger partial charge in [-0.3, -0.25) is 0 Å². The third-order valence-electron chi connectivity index (χ3n) is 2.53. The summed E-state index contributed by atoms with van der Waals surface area (Å²) in [5, 5.41) is 2.66. The monoisotopic (exact) mass is 284 g/mol. The number of ether oxygens (including phenoxy) is 1. The molecule has 19 heavy (non-hydrogen) atoms. The first kappa shape index (κ1) is 13.4. The van der Waals surface area contributed by atoms with E-state index in [-0.39, 0.29) is 10.7 Å². The van der Waals surface area contributed by atoms with Gasteiger partial charge in [-0.15, -0.1) is 0 Å². The van der Waals surface area contributed by atoms with Gasteiger partial charge < -0.3 is 15.8 Å². The number of rotatable bonds is 3. The molecule has 2 rings (SSSR count). The molecule has 0 aliphatic heterocycles. The number of anilines is 3. The number of nitrogens with two attached hydrogens (primary N) is 1. The average Bonchev–Trinajstić information content (AvgIpc) is 2.35. The number of nitrogen functional groups attached to an aromatic ring is 1. The molecule has 0 unspecified atom stereocenters. The Labute approximate surface area is 113 Å². The smallest absolute Gasteiger partial charge is 0.151 e. The summed E-state index contributed by atoms with van der Waals surface area (Å²) in [6.45, 7) is 0. The lowest BCUT2D eigenvalue weighted by Gasteiger charge is -2.13. The zero-order valence-corrected chi connectivity index (χ0v) is 10.8. The Morgan fingerprint density at radius 1 is 1.21 bits per heavy atom. The topological polar surface area (TPSA) is 47.3 Å². The predicted molar refractivity (Wildman–Crippen MR) is 72.1 cm³/mol. The van der Waals surface area contributed by atoms with Gasteiger partial charge in [0.15, 0.2) is 5.82 Å². The molecular weight excluding hydrogens is 274 g/mol. The van der Waals surface area contributed by atoms with E-state index in [0.29, 0.717) is 17.1 Å². The van der Waals surface area contributed by atoms with Crippen LogP contribution in [0.25, 0.3) is 0 Å². The van der Waals surface area contributed by atoms with Crippen LogP contribution in [0.2, 0.25) is 5.02 Å². The molecule has 0 heterocycles. The van der Waals surface area contributed by atoms with Crippen molar-refractivity contribution in [1.29, 1.82) is 0 Å². The largest absolute Gasteiger partial charge is 0.497 e. The van der Waals surface area contributed by atoms with Crippen molar-refractivity contribution in [3.8, 4) is 5.75 Å². The number of benzene rings is 2. The lowest BCUT2D eigenvalue weighted by molar-refractivity contribution is 0.415. The molecule has 0 saturated carbocycles. The van der Waals surface area contributed by atoms with Crippen LogP contribution in [0.15, 0.2) is 30.3 Å². The van der Waals surface area contributed by atoms with Crippen LogP contribution in [0, 0.1) is 11.6 Å². The SMILES string of the molecule is COc1ccc(N)c(Nc2c(F)cc(F)cc2Cl)c1. The molecule has 100 valence electrons. The van der Waals surface area contributed by atoms with Gasteiger partial charge in [-0.2, -0.15) is 0 Å². The lowest BCUT2D eigenvalue weighted by atomic mass is 10.2. The standard InChI is InChI=1S/C13H11ClF2N2O/c1-19-8-2-3-11(17)12(6-8)18-13-9(14)4-7(15)5-10(13)16/h2-6,18H,17H2,1H3. The van der Waals surface area contributed by atoms with Crippen molar-refractivity contribution in [2.24, 2.45) is 0 Å². The van der Waals surface area contributed by atoms with Gasteiger partial charge in [0.05, 0.1) is 29.2 Å². The average molecular weight is 285 g/mol. The fraction of sp³-hybridized carbons (Fsp3) is 0.0769. The van der Waals surface area contributed by atoms with Gasteiger partial charge in [-0.25, -0.2) is 8.78 Å². The van der Waals surface area contributed by atoms with Crippen LogP contribution in [0.5, 0.6) is 5.75 Å². The van der Waals surface area contributed by atoms with Gasteiger partial charge in [0.1, 0.15) is 11.6 Å². The van der Waals surface area contributed by atoms with Crippen molar-refractivity contribution in [3.63, 3.8) is 0 Å². The van der Waals surface area contributed by atoms with Crippen molar-refractivity contribution in [3.05, 3.63) is 47.0 Å². The molecule has 2 aromatic carbocycles. The highest BCUT2D eigenvalue weighted by Gasteiger charge is 2.12. The molecule has 0 spiro atoms. The molecule has 3 N–H and O–H groups in total. The van der Waals surface area contributed by atoms with Gasteiger partial charge >= 0.3 is 0 Å². The maximum Gasteiger partial charge on any atom is 0.151 e. The number of hydrogen-bond acceptors (Lipinski definition) is 3. The molecule has 0 atom stereocenters. The number of methoxy groups -OCH3 is 1. The molecule has 3 nitrogen and oxygen atoms in total. The van der Waals surface area contributed by atoms with Gasteiger partial charge in [-0.1, -0.05) is 11.6 Å². The quantitative estimate of drug-likeness (QED) is 0.839. The number of nitrogens with one attached hydrogen (secondary N) is 1. The second-order valence-corrected chi connectivity index (χ2v) is 4.23. The Morgan fingerprint density at radius 3 is 2.58 bits per heavy atom. The molecule has 0 aliphatic carbocycles. The van der Waals surface area contributed by atoms with Crippen LogP contribution >= 0.6 is 11.6 Å². The Bertz CT molecular complexity index is 597. The van der Waals surface area contributed by atoms with Crippen LogP contribution in [0.4, 0.5) is 25.8 Å². The summed E-state index contributed by atoms with van der Waals surface area (Å²) in [5.74, 6) is -0.991. The summed E-state index contributed by atoms with van der Waals surface area (Å²) in [4.78, 5) is 0. The van der Waals surface area contributed by atoms with Crippen molar-refractivity contribution < 1.29 is 13.5 Å². The molecule has 0 aromatic heterocycles. The molecule has 0 bridgehead atoms. The first-order chi connectivity index (χ1) is 9.01. The highest BCUT2D eigenvalue weighted by molar-refractivity contribution is 6.33. The molecule has 0 radical (unpaired) electrons. The van der Waals surface area contributed by atoms with Gasteiger partial charge in [-0.05, 0) is 18.2 Å². The first-order valence-corrected chi connectivity index (χ1v) is 5.74. The van der Waals surface area contributed by atoms with Crippen molar-refractivity contribution >= 4 is 28.7 Å². The highest BCUT2D eigenvalue weighted by Crippen LogP contribution is 2.33. The minimum Gasteiger partial charge on any atom is -0.497 e. The molecule has 0 aliphatic rings. The zero-order chi connectivity index (χ0) is 14.0. The minimum absolute atomic E-state index is 0.0389. The van der Waals surface area contributed by atoms with E-state index in [2.05, 4.69) is 5.32 Å². The lowest BCUT2D eigenvalue weighted by Crippen LogP contribution is -2.00. The van der Waals surface area contributed by atoms with E-state index in [1.165, 1.54) is 7.11 Å². The van der Waals surface area contributed by atoms with Crippen LogP contribution in [0.3, 0.4) is 0 Å². The Morgan fingerprint density at radius 2 is 1.95 bits per heavy atom. The van der Waals surface area contributed by atoms with Crippen LogP contribution in [0.1, 0.15) is 0 Å². The summed E-state index contributed by atoms with van der Waals surface area (Å²) in [5.41, 5.74) is 6.54. The van der Waals surface area contributed by atoms with Crippen molar-refractivity contribution in [1.82, 2.24) is 0 Å². The summed E-state index contributed by atoms with van der Waals surface area (Å²) in [6.07, 6.45) is 0. The van der Waals surface area contributed by atoms with E-state index in [1.54, 1.807) is 18.2 Å². The molecule has 6 heteroatoms. The molecule has 0 saturated heterocycles. The van der Waals surface area contributed by atoms with E-state index >= 15 is 0 Å². The maximum absolute atomic E-state index is 13.7. The summed E-state index contributed by atoms with van der Waals surface area (Å²) in [7, 11) is 1.50. The van der Waals surface area contributed by atoms with Gasteiger partial charge in [0.25, 0.3) is 0 Å². The Kier molecular flexibility index (Phi) is 3.76. The Hall–Kier alpha value is -2.01. The molecule has 2 aromatic rings. The summed E-state index contributed by atoms with van der Waals surface area (Å²) in [6, 6.07) is 6.63. The molecule has 0 fully saturated rings. The van der Waals surface area contributed by atoms with E-state index in [4.69, 9.17) is 22.1 Å². The zero-order valence-electron chi connectivity index (χ0n) is 10.0. The predicted octanol–water partition coefficient (Wildman–Crippen LogP) is 3.95. The van der Waals surface area contributed by atoms with Gasteiger partial charge in [0, 0.05) is 12.1 Å².